The van der Waals surface area contributed by atoms with Crippen molar-refractivity contribution in [3.63, 3.8) is 0 Å². The molecule has 0 radical (unpaired) electrons. The smallest absolute Gasteiger partial charge is 0.156 e. The Hall–Kier alpha value is -0.810. The van der Waals surface area contributed by atoms with Crippen LogP contribution in [-0.4, -0.2) is 52.4 Å². The van der Waals surface area contributed by atoms with Gasteiger partial charge in [0.2, 0.25) is 0 Å². The number of likely N-dealkylation sites (tertiary alicyclic amines) is 1. The maximum absolute atomic E-state index is 6.20. The van der Waals surface area contributed by atoms with E-state index in [-0.39, 0.29) is 0 Å². The maximum atomic E-state index is 6.20. The zero-order valence-corrected chi connectivity index (χ0v) is 13.9. The number of piperidine rings is 1. The Balaban J connectivity index is 1.77. The fourth-order valence-corrected chi connectivity index (χ4v) is 3.50. The van der Waals surface area contributed by atoms with E-state index in [9.17, 15) is 0 Å². The largest absolute Gasteiger partial charge is 0.305 e. The summed E-state index contributed by atoms with van der Waals surface area (Å²) in [6, 6.07) is 2.37. The molecule has 3 heterocycles. The highest BCUT2D eigenvalue weighted by molar-refractivity contribution is 6.36. The molecule has 0 bridgehead atoms. The lowest BCUT2D eigenvalue weighted by Crippen LogP contribution is -2.44. The van der Waals surface area contributed by atoms with Crippen LogP contribution in [0.2, 0.25) is 10.0 Å². The summed E-state index contributed by atoms with van der Waals surface area (Å²) in [6.07, 6.45) is 6.38. The first-order valence-corrected chi connectivity index (χ1v) is 8.00. The molecule has 1 saturated heterocycles. The standard InChI is InChI=1S/C15H20Cl2N4/c1-19(2)13-4-3-5-20(10-13)8-12-9-21-7-11(16)6-14(17)15(21)18-12/h6-7,9,13H,3-5,8,10H2,1-2H3. The highest BCUT2D eigenvalue weighted by Crippen LogP contribution is 2.23. The van der Waals surface area contributed by atoms with Crippen molar-refractivity contribution in [3.8, 4) is 0 Å². The molecular formula is C15H20Cl2N4. The van der Waals surface area contributed by atoms with Gasteiger partial charge in [0.1, 0.15) is 0 Å². The van der Waals surface area contributed by atoms with E-state index >= 15 is 0 Å². The number of hydrogen-bond donors (Lipinski definition) is 0. The third-order valence-electron chi connectivity index (χ3n) is 4.12. The molecule has 1 unspecified atom stereocenters. The molecule has 1 aliphatic rings. The van der Waals surface area contributed by atoms with Crippen molar-refractivity contribution in [1.29, 1.82) is 0 Å². The number of nitrogens with zero attached hydrogens (tertiary/aromatic N) is 4. The number of pyridine rings is 1. The molecule has 1 aliphatic heterocycles. The van der Waals surface area contributed by atoms with E-state index < -0.39 is 0 Å². The lowest BCUT2D eigenvalue weighted by atomic mass is 10.0. The molecular weight excluding hydrogens is 307 g/mol. The molecule has 0 amide bonds. The van der Waals surface area contributed by atoms with Crippen LogP contribution in [0, 0.1) is 0 Å². The highest BCUT2D eigenvalue weighted by atomic mass is 35.5. The van der Waals surface area contributed by atoms with E-state index in [0.29, 0.717) is 16.1 Å². The number of aromatic nitrogens is 2. The molecule has 1 atom stereocenters. The lowest BCUT2D eigenvalue weighted by molar-refractivity contribution is 0.127. The second kappa shape index (κ2) is 6.13. The van der Waals surface area contributed by atoms with Crippen molar-refractivity contribution in [2.45, 2.75) is 25.4 Å². The van der Waals surface area contributed by atoms with Gasteiger partial charge in [-0.1, -0.05) is 23.2 Å². The minimum Gasteiger partial charge on any atom is -0.305 e. The van der Waals surface area contributed by atoms with Crippen molar-refractivity contribution in [3.05, 3.63) is 34.2 Å². The minimum absolute atomic E-state index is 0.596. The van der Waals surface area contributed by atoms with Gasteiger partial charge in [0.15, 0.2) is 5.65 Å². The third kappa shape index (κ3) is 3.34. The average molecular weight is 327 g/mol. The molecule has 3 rings (SSSR count). The SMILES string of the molecule is CN(C)C1CCCN(Cc2cn3cc(Cl)cc(Cl)c3n2)C1. The zero-order chi connectivity index (χ0) is 15.0. The van der Waals surface area contributed by atoms with Crippen LogP contribution in [-0.2, 0) is 6.54 Å². The van der Waals surface area contributed by atoms with Gasteiger partial charge in [-0.05, 0) is 39.5 Å². The van der Waals surface area contributed by atoms with E-state index in [1.165, 1.54) is 12.8 Å². The second-order valence-electron chi connectivity index (χ2n) is 5.96. The van der Waals surface area contributed by atoms with Crippen molar-refractivity contribution < 1.29 is 0 Å². The number of hydrogen-bond acceptors (Lipinski definition) is 3. The minimum atomic E-state index is 0.596. The Bertz CT molecular complexity index is 638. The van der Waals surface area contributed by atoms with Crippen LogP contribution in [0.1, 0.15) is 18.5 Å². The molecule has 2 aromatic heterocycles. The van der Waals surface area contributed by atoms with Gasteiger partial charge in [-0.25, -0.2) is 4.98 Å². The summed E-state index contributed by atoms with van der Waals surface area (Å²) in [5, 5.41) is 1.22. The van der Waals surface area contributed by atoms with Gasteiger partial charge in [-0.2, -0.15) is 0 Å². The Morgan fingerprint density at radius 1 is 1.33 bits per heavy atom. The maximum Gasteiger partial charge on any atom is 0.156 e. The zero-order valence-electron chi connectivity index (χ0n) is 12.4. The number of halogens is 2. The molecule has 0 aromatic carbocycles. The van der Waals surface area contributed by atoms with Crippen LogP contribution >= 0.6 is 23.2 Å². The van der Waals surface area contributed by atoms with Gasteiger partial charge in [-0.3, -0.25) is 4.90 Å². The number of fused-ring (bicyclic) bond motifs is 1. The number of imidazole rings is 1. The molecule has 114 valence electrons. The molecule has 2 aromatic rings. The summed E-state index contributed by atoms with van der Waals surface area (Å²) >= 11 is 12.2. The van der Waals surface area contributed by atoms with Crippen molar-refractivity contribution >= 4 is 28.8 Å². The van der Waals surface area contributed by atoms with Crippen LogP contribution in [0.4, 0.5) is 0 Å². The van der Waals surface area contributed by atoms with Crippen LogP contribution in [0.25, 0.3) is 5.65 Å². The van der Waals surface area contributed by atoms with E-state index in [2.05, 4.69) is 28.9 Å². The van der Waals surface area contributed by atoms with Gasteiger partial charge in [0.25, 0.3) is 0 Å². The number of rotatable bonds is 3. The molecule has 0 aliphatic carbocycles. The molecule has 4 nitrogen and oxygen atoms in total. The monoisotopic (exact) mass is 326 g/mol. The summed E-state index contributed by atoms with van der Waals surface area (Å²) in [6.45, 7) is 3.09. The summed E-state index contributed by atoms with van der Waals surface area (Å²) in [5.41, 5.74) is 1.82. The Morgan fingerprint density at radius 2 is 2.14 bits per heavy atom. The topological polar surface area (TPSA) is 23.8 Å². The molecule has 6 heteroatoms. The van der Waals surface area contributed by atoms with Crippen molar-refractivity contribution in [2.24, 2.45) is 0 Å². The Labute approximate surface area is 135 Å². The van der Waals surface area contributed by atoms with Crippen LogP contribution in [0.5, 0.6) is 0 Å². The van der Waals surface area contributed by atoms with Crippen LogP contribution in [0.3, 0.4) is 0 Å². The summed E-state index contributed by atoms with van der Waals surface area (Å²) in [7, 11) is 4.31. The van der Waals surface area contributed by atoms with Gasteiger partial charge in [0.05, 0.1) is 15.7 Å². The fraction of sp³-hybridized carbons (Fsp3) is 0.533. The first-order chi connectivity index (χ1) is 10.0. The van der Waals surface area contributed by atoms with Gasteiger partial charge >= 0.3 is 0 Å². The van der Waals surface area contributed by atoms with Crippen molar-refractivity contribution in [1.82, 2.24) is 19.2 Å². The van der Waals surface area contributed by atoms with Gasteiger partial charge in [-0.15, -0.1) is 0 Å². The van der Waals surface area contributed by atoms with E-state index in [4.69, 9.17) is 23.2 Å². The Kier molecular flexibility index (Phi) is 4.41. The predicted octanol–water partition coefficient (Wildman–Crippen LogP) is 3.17. The second-order valence-corrected chi connectivity index (χ2v) is 6.81. The summed E-state index contributed by atoms with van der Waals surface area (Å²) in [5.74, 6) is 0. The highest BCUT2D eigenvalue weighted by Gasteiger charge is 2.22. The van der Waals surface area contributed by atoms with Crippen LogP contribution in [0.15, 0.2) is 18.5 Å². The van der Waals surface area contributed by atoms with Gasteiger partial charge in [0, 0.05) is 31.5 Å². The molecule has 0 N–H and O–H groups in total. The summed E-state index contributed by atoms with van der Waals surface area (Å²) in [4.78, 5) is 9.41. The van der Waals surface area contributed by atoms with E-state index in [1.54, 1.807) is 6.07 Å². The lowest BCUT2D eigenvalue weighted by Gasteiger charge is -2.35. The fourth-order valence-electron chi connectivity index (χ4n) is 2.98. The van der Waals surface area contributed by atoms with Crippen LogP contribution < -0.4 is 0 Å². The molecule has 1 fully saturated rings. The van der Waals surface area contributed by atoms with Crippen molar-refractivity contribution in [2.75, 3.05) is 27.2 Å². The number of likely N-dealkylation sites (N-methyl/N-ethyl adjacent to an activating group) is 1. The predicted molar refractivity (Wildman–Crippen MR) is 87.2 cm³/mol. The normalized spacial score (nSPS) is 20.5. The third-order valence-corrected chi connectivity index (χ3v) is 4.60. The molecule has 0 saturated carbocycles. The molecule has 21 heavy (non-hydrogen) atoms. The first kappa shape index (κ1) is 15.1. The van der Waals surface area contributed by atoms with E-state index in [0.717, 1.165) is 31.0 Å². The first-order valence-electron chi connectivity index (χ1n) is 7.24. The van der Waals surface area contributed by atoms with Gasteiger partial charge < -0.3 is 9.30 Å². The van der Waals surface area contributed by atoms with E-state index in [1.807, 2.05) is 16.8 Å². The summed E-state index contributed by atoms with van der Waals surface area (Å²) < 4.78 is 1.91. The molecule has 0 spiro atoms. The quantitative estimate of drug-likeness (QED) is 0.865. The Morgan fingerprint density at radius 3 is 2.90 bits per heavy atom. The average Bonchev–Trinajstić information content (AvgIpc) is 2.81.